The Morgan fingerprint density at radius 2 is 1.07 bits per heavy atom. The van der Waals surface area contributed by atoms with E-state index in [1.165, 1.54) is 43.1 Å². The van der Waals surface area contributed by atoms with E-state index >= 15 is 0 Å². The van der Waals surface area contributed by atoms with E-state index in [-0.39, 0.29) is 42.6 Å². The van der Waals surface area contributed by atoms with Gasteiger partial charge in [0.15, 0.2) is 11.9 Å². The Kier molecular flexibility index (Phi) is 17.5. The summed E-state index contributed by atoms with van der Waals surface area (Å²) in [4.78, 5) is 74.7. The van der Waals surface area contributed by atoms with E-state index in [0.717, 1.165) is 22.3 Å². The fraction of sp³-hybridized carbons (Fsp3) is 0.500. The number of nitrogens with zero attached hydrogens (tertiary/aromatic N) is 3. The molecule has 0 bridgehead atoms. The predicted octanol–water partition coefficient (Wildman–Crippen LogP) is 5.98. The average Bonchev–Trinajstić information content (AvgIpc) is 3.19. The van der Waals surface area contributed by atoms with E-state index in [9.17, 15) is 29.1 Å². The second kappa shape index (κ2) is 21.5. The molecule has 3 aromatic rings. The molecule has 0 aliphatic heterocycles. The molecule has 0 aromatic heterocycles. The summed E-state index contributed by atoms with van der Waals surface area (Å²) in [5.41, 5.74) is 4.63. The van der Waals surface area contributed by atoms with Crippen molar-refractivity contribution in [2.75, 3.05) is 35.3 Å². The number of phenols is 1. The molecule has 0 fully saturated rings. The summed E-state index contributed by atoms with van der Waals surface area (Å²) in [6, 6.07) is 19.2. The van der Waals surface area contributed by atoms with Crippen LogP contribution in [0.1, 0.15) is 68.4 Å². The van der Waals surface area contributed by atoms with Crippen molar-refractivity contribution in [1.29, 1.82) is 0 Å². The zero-order valence-corrected chi connectivity index (χ0v) is 35.7. The minimum Gasteiger partial charge on any atom is -0.508 e. The number of aromatic hydroxyl groups is 1. The first-order valence-electron chi connectivity index (χ1n) is 19.8. The number of esters is 2. The molecule has 57 heavy (non-hydrogen) atoms. The number of ether oxygens (including phenoxy) is 2. The van der Waals surface area contributed by atoms with Crippen molar-refractivity contribution in [1.82, 2.24) is 14.7 Å². The lowest BCUT2D eigenvalue weighted by Crippen LogP contribution is -2.55. The van der Waals surface area contributed by atoms with Crippen molar-refractivity contribution in [3.8, 4) is 5.75 Å². The molecular weight excluding hydrogens is 723 g/mol. The van der Waals surface area contributed by atoms with E-state index in [1.807, 2.05) is 90.1 Å². The number of rotatable bonds is 20. The number of carbonyl (C=O) groups excluding carboxylic acids is 5. The highest BCUT2D eigenvalue weighted by atomic mass is 16.5. The van der Waals surface area contributed by atoms with Gasteiger partial charge in [0.25, 0.3) is 0 Å². The zero-order valence-electron chi connectivity index (χ0n) is 35.7. The van der Waals surface area contributed by atoms with Crippen LogP contribution in [-0.4, -0.2) is 109 Å². The number of hydrogen-bond donors (Lipinski definition) is 1. The third-order valence-electron chi connectivity index (χ3n) is 11.0. The Labute approximate surface area is 339 Å². The van der Waals surface area contributed by atoms with Crippen LogP contribution in [0.5, 0.6) is 5.75 Å². The Morgan fingerprint density at radius 1 is 0.632 bits per heavy atom. The molecule has 0 unspecified atom stereocenters. The molecular formula is C46H63N3O8. The summed E-state index contributed by atoms with van der Waals surface area (Å²) in [6.45, 7) is 11.4. The van der Waals surface area contributed by atoms with Crippen LogP contribution in [0.2, 0.25) is 0 Å². The predicted molar refractivity (Wildman–Crippen MR) is 221 cm³/mol. The Balaban J connectivity index is 1.93. The number of Topliss-reactive ketones (excluding diaryl/α,β-unsaturated/α-hetero) is 1. The van der Waals surface area contributed by atoms with Gasteiger partial charge in [0, 0.05) is 45.2 Å². The SMILES string of the molecule is CC[C@@H](C)[C@H](OC(=O)[C@@H](Cc1ccc(C)cc1)N(C)C)C(=O)C[C@@H](C(=O)N(C)[C@@H](Cc1ccc(O)cc1)C(=O)N(C)[C@H](Cc1ccc(C)cc1)C(=O)OC)C(C)C. The molecule has 3 aromatic carbocycles. The average molecular weight is 786 g/mol. The smallest absolute Gasteiger partial charge is 0.328 e. The molecule has 0 saturated heterocycles. The normalized spacial score (nSPS) is 14.5. The number of likely N-dealkylation sites (N-methyl/N-ethyl adjacent to an activating group) is 3. The van der Waals surface area contributed by atoms with Crippen LogP contribution in [0.15, 0.2) is 72.8 Å². The second-order valence-electron chi connectivity index (χ2n) is 15.9. The summed E-state index contributed by atoms with van der Waals surface area (Å²) in [6.07, 6.45) is -0.0562. The number of amides is 2. The van der Waals surface area contributed by atoms with Gasteiger partial charge in [-0.2, -0.15) is 0 Å². The van der Waals surface area contributed by atoms with Crippen LogP contribution in [0.25, 0.3) is 0 Å². The lowest BCUT2D eigenvalue weighted by atomic mass is 9.85. The Hall–Kier alpha value is -5.03. The molecule has 1 N–H and O–H groups in total. The van der Waals surface area contributed by atoms with Gasteiger partial charge in [-0.15, -0.1) is 0 Å². The van der Waals surface area contributed by atoms with Crippen LogP contribution >= 0.6 is 0 Å². The van der Waals surface area contributed by atoms with Crippen molar-refractivity contribution in [3.63, 3.8) is 0 Å². The van der Waals surface area contributed by atoms with Gasteiger partial charge in [-0.3, -0.25) is 24.1 Å². The van der Waals surface area contributed by atoms with Crippen molar-refractivity contribution < 1.29 is 38.6 Å². The van der Waals surface area contributed by atoms with Gasteiger partial charge in [0.1, 0.15) is 23.9 Å². The maximum absolute atomic E-state index is 14.6. The molecule has 310 valence electrons. The molecule has 6 atom stereocenters. The van der Waals surface area contributed by atoms with Crippen LogP contribution < -0.4 is 0 Å². The van der Waals surface area contributed by atoms with Crippen LogP contribution in [0, 0.1) is 31.6 Å². The van der Waals surface area contributed by atoms with E-state index in [2.05, 4.69) is 0 Å². The monoisotopic (exact) mass is 785 g/mol. The lowest BCUT2D eigenvalue weighted by Gasteiger charge is -2.36. The molecule has 0 aliphatic carbocycles. The largest absolute Gasteiger partial charge is 0.508 e. The highest BCUT2D eigenvalue weighted by molar-refractivity contribution is 5.94. The standard InChI is InChI=1S/C46H63N3O8/c1-12-32(6)42(57-46(55)39(47(7)8)26-33-17-13-30(4)14-18-33)41(51)28-37(29(2)3)43(52)48(9)38(25-35-21-23-36(50)24-22-35)44(53)49(10)40(45(54)56-11)27-34-19-15-31(5)16-20-34/h13-24,29,32,37-40,42,50H,12,25-28H2,1-11H3/t32-,37-,38+,39-,40-,42+/m1/s1. The van der Waals surface area contributed by atoms with E-state index in [1.54, 1.807) is 31.1 Å². The number of phenolic OH excluding ortho intramolecular Hbond substituents is 1. The van der Waals surface area contributed by atoms with E-state index in [0.29, 0.717) is 18.4 Å². The maximum Gasteiger partial charge on any atom is 0.328 e. The van der Waals surface area contributed by atoms with Gasteiger partial charge in [-0.25, -0.2) is 4.79 Å². The van der Waals surface area contributed by atoms with Crippen LogP contribution in [-0.2, 0) is 52.7 Å². The van der Waals surface area contributed by atoms with Crippen LogP contribution in [0.3, 0.4) is 0 Å². The molecule has 11 nitrogen and oxygen atoms in total. The Bertz CT molecular complexity index is 1790. The minimum atomic E-state index is -1.08. The van der Waals surface area contributed by atoms with Crippen molar-refractivity contribution in [3.05, 3.63) is 101 Å². The topological polar surface area (TPSA) is 134 Å². The number of aryl methyl sites for hydroxylation is 2. The van der Waals surface area contributed by atoms with Gasteiger partial charge >= 0.3 is 11.9 Å². The minimum absolute atomic E-state index is 0.0500. The van der Waals surface area contributed by atoms with Gasteiger partial charge in [-0.05, 0) is 75.5 Å². The van der Waals surface area contributed by atoms with Gasteiger partial charge < -0.3 is 24.4 Å². The highest BCUT2D eigenvalue weighted by Crippen LogP contribution is 2.26. The fourth-order valence-electron chi connectivity index (χ4n) is 6.79. The Morgan fingerprint density at radius 3 is 1.51 bits per heavy atom. The van der Waals surface area contributed by atoms with Gasteiger partial charge in [-0.1, -0.05) is 99.5 Å². The third-order valence-corrected chi connectivity index (χ3v) is 11.0. The number of methoxy groups -OCH3 is 1. The molecule has 3 rings (SSSR count). The summed E-state index contributed by atoms with van der Waals surface area (Å²) in [7, 11) is 7.92. The molecule has 2 amide bonds. The fourth-order valence-corrected chi connectivity index (χ4v) is 6.79. The first-order chi connectivity index (χ1) is 26.9. The summed E-state index contributed by atoms with van der Waals surface area (Å²) in [5, 5.41) is 9.95. The van der Waals surface area contributed by atoms with Gasteiger partial charge in [0.05, 0.1) is 7.11 Å². The van der Waals surface area contributed by atoms with E-state index < -0.39 is 53.9 Å². The third kappa shape index (κ3) is 13.0. The first kappa shape index (κ1) is 46.4. The second-order valence-corrected chi connectivity index (χ2v) is 15.9. The van der Waals surface area contributed by atoms with E-state index in [4.69, 9.17) is 9.47 Å². The van der Waals surface area contributed by atoms with Crippen molar-refractivity contribution >= 4 is 29.5 Å². The molecule has 0 saturated carbocycles. The molecule has 0 radical (unpaired) electrons. The summed E-state index contributed by atoms with van der Waals surface area (Å²) < 4.78 is 11.2. The number of carbonyl (C=O) groups is 5. The molecule has 0 spiro atoms. The molecule has 0 heterocycles. The molecule has 11 heteroatoms. The zero-order chi connectivity index (χ0) is 42.6. The quantitative estimate of drug-likeness (QED) is 0.137. The number of hydrogen-bond acceptors (Lipinski definition) is 9. The van der Waals surface area contributed by atoms with Crippen LogP contribution in [0.4, 0.5) is 0 Å². The highest BCUT2D eigenvalue weighted by Gasteiger charge is 2.40. The first-order valence-corrected chi connectivity index (χ1v) is 19.8. The molecule has 0 aliphatic rings. The summed E-state index contributed by atoms with van der Waals surface area (Å²) >= 11 is 0. The number of ketones is 1. The number of benzene rings is 3. The lowest BCUT2D eigenvalue weighted by molar-refractivity contribution is -0.163. The van der Waals surface area contributed by atoms with Crippen molar-refractivity contribution in [2.24, 2.45) is 17.8 Å². The summed E-state index contributed by atoms with van der Waals surface area (Å²) in [5.74, 6) is -3.85. The maximum atomic E-state index is 14.6. The van der Waals surface area contributed by atoms with Gasteiger partial charge in [0.2, 0.25) is 11.8 Å². The van der Waals surface area contributed by atoms with Crippen molar-refractivity contribution in [2.45, 2.75) is 97.9 Å².